The van der Waals surface area contributed by atoms with E-state index in [1.165, 1.54) is 22.0 Å². The van der Waals surface area contributed by atoms with Gasteiger partial charge in [-0.15, -0.1) is 5.39 Å². The quantitative estimate of drug-likeness (QED) is 0.246. The molecule has 0 fully saturated rings. The van der Waals surface area contributed by atoms with Crippen LogP contribution in [0.2, 0.25) is 0 Å². The first kappa shape index (κ1) is 14.1. The molecule has 2 aromatic carbocycles. The maximum absolute atomic E-state index is 3.32. The molecule has 0 unspecified atom stereocenters. The van der Waals surface area contributed by atoms with Gasteiger partial charge in [0.05, 0.1) is 5.52 Å². The van der Waals surface area contributed by atoms with Gasteiger partial charge in [0, 0.05) is 45.4 Å². The summed E-state index contributed by atoms with van der Waals surface area (Å²) in [6, 6.07) is 17.9. The van der Waals surface area contributed by atoms with Gasteiger partial charge >= 0.3 is 0 Å². The largest absolute Gasteiger partial charge is 0.378 e. The first-order chi connectivity index (χ1) is 9.75. The van der Waals surface area contributed by atoms with Crippen molar-refractivity contribution in [3.63, 3.8) is 0 Å². The van der Waals surface area contributed by atoms with E-state index in [4.69, 9.17) is 0 Å². The molecule has 0 aliphatic carbocycles. The molecule has 0 N–H and O–H groups in total. The van der Waals surface area contributed by atoms with Crippen LogP contribution in [0.25, 0.3) is 21.8 Å². The zero-order valence-corrected chi connectivity index (χ0v) is 14.2. The summed E-state index contributed by atoms with van der Waals surface area (Å²) in [6.45, 7) is 0. The Hall–Kier alpha value is -1.90. The Labute approximate surface area is 136 Å². The number of aromatic nitrogens is 2. The molecule has 21 heavy (non-hydrogen) atoms. The van der Waals surface area contributed by atoms with Gasteiger partial charge < -0.3 is 4.90 Å². The molecule has 0 saturated heterocycles. The summed E-state index contributed by atoms with van der Waals surface area (Å²) in [7, 11) is 4.12. The summed E-state index contributed by atoms with van der Waals surface area (Å²) in [5.74, 6) is 0. The van der Waals surface area contributed by atoms with Crippen LogP contribution in [0.5, 0.6) is 0 Å². The van der Waals surface area contributed by atoms with Crippen molar-refractivity contribution in [2.75, 3.05) is 19.0 Å². The molecule has 0 amide bonds. The summed E-state index contributed by atoms with van der Waals surface area (Å²) in [6.07, 6.45) is 5.26. The predicted octanol–water partition coefficient (Wildman–Crippen LogP) is 2.50. The number of nitrogens with zero attached hydrogens (tertiary/aromatic N) is 3. The summed E-state index contributed by atoms with van der Waals surface area (Å²) in [5.41, 5.74) is 3.41. The number of para-hydroxylation sites is 1. The SMILES string of the molecule is CN(C)c1ccc2c(c1)c1ccc[c-]c1[n+]1[c-]ccn21.[Ir]. The standard InChI is InChI=1S/C17H14N3.Ir/c1-18(2)13-8-9-17-15(12-13)14-6-3-4-7-16(14)19-10-5-11-20(17)19;/h3-6,8-9,11-12H,1-2H3;/q-1;. The van der Waals surface area contributed by atoms with E-state index in [0.29, 0.717) is 0 Å². The topological polar surface area (TPSA) is 11.8 Å². The van der Waals surface area contributed by atoms with Gasteiger partial charge in [-0.3, -0.25) is 0 Å². The van der Waals surface area contributed by atoms with E-state index in [1.807, 2.05) is 28.9 Å². The zero-order valence-electron chi connectivity index (χ0n) is 11.8. The Morgan fingerprint density at radius 3 is 2.76 bits per heavy atom. The van der Waals surface area contributed by atoms with Crippen LogP contribution in [0.1, 0.15) is 0 Å². The van der Waals surface area contributed by atoms with Crippen LogP contribution in [0.15, 0.2) is 48.7 Å². The Balaban J connectivity index is 0.00000132. The van der Waals surface area contributed by atoms with Gasteiger partial charge in [0.25, 0.3) is 0 Å². The second-order valence-corrected chi connectivity index (χ2v) is 5.13. The maximum atomic E-state index is 3.32. The number of fused-ring (bicyclic) bond motifs is 6. The molecule has 0 bridgehead atoms. The van der Waals surface area contributed by atoms with Crippen LogP contribution in [0.4, 0.5) is 5.69 Å². The first-order valence-corrected chi connectivity index (χ1v) is 6.60. The van der Waals surface area contributed by atoms with Gasteiger partial charge in [-0.25, -0.2) is 4.52 Å². The molecule has 4 rings (SSSR count). The minimum absolute atomic E-state index is 0. The Bertz CT molecular complexity index is 941. The van der Waals surface area contributed by atoms with Crippen molar-refractivity contribution in [3.8, 4) is 0 Å². The van der Waals surface area contributed by atoms with Crippen molar-refractivity contribution >= 4 is 27.5 Å². The molecule has 0 aliphatic heterocycles. The van der Waals surface area contributed by atoms with E-state index in [2.05, 4.69) is 60.0 Å². The van der Waals surface area contributed by atoms with Gasteiger partial charge in [0.1, 0.15) is 6.20 Å². The van der Waals surface area contributed by atoms with Crippen LogP contribution >= 0.6 is 0 Å². The van der Waals surface area contributed by atoms with Crippen molar-refractivity contribution in [3.05, 3.63) is 60.9 Å². The molecule has 0 aliphatic rings. The smallest absolute Gasteiger partial charge is 0.145 e. The fourth-order valence-electron chi connectivity index (χ4n) is 2.70. The average Bonchev–Trinajstić information content (AvgIpc) is 2.96. The molecule has 0 atom stereocenters. The fourth-order valence-corrected chi connectivity index (χ4v) is 2.70. The number of hydrogen-bond donors (Lipinski definition) is 0. The van der Waals surface area contributed by atoms with E-state index in [9.17, 15) is 0 Å². The molecule has 2 aromatic heterocycles. The van der Waals surface area contributed by atoms with Crippen LogP contribution in [-0.4, -0.2) is 18.6 Å². The minimum Gasteiger partial charge on any atom is -0.378 e. The van der Waals surface area contributed by atoms with Crippen molar-refractivity contribution < 1.29 is 24.6 Å². The van der Waals surface area contributed by atoms with Gasteiger partial charge in [0.15, 0.2) is 0 Å². The molecule has 0 saturated carbocycles. The first-order valence-electron chi connectivity index (χ1n) is 6.60. The number of rotatable bonds is 1. The van der Waals surface area contributed by atoms with Crippen LogP contribution in [0, 0.1) is 12.3 Å². The molecular formula is C17H14IrN3-. The summed E-state index contributed by atoms with van der Waals surface area (Å²) in [4.78, 5) is 2.12. The molecule has 4 heteroatoms. The number of benzene rings is 2. The summed E-state index contributed by atoms with van der Waals surface area (Å²) < 4.78 is 4.11. The van der Waals surface area contributed by atoms with Crippen molar-refractivity contribution in [1.82, 2.24) is 4.52 Å². The minimum atomic E-state index is 0. The van der Waals surface area contributed by atoms with Gasteiger partial charge in [0.2, 0.25) is 0 Å². The Kier molecular flexibility index (Phi) is 3.44. The normalized spacial score (nSPS) is 11.0. The second kappa shape index (κ2) is 5.14. The molecule has 3 nitrogen and oxygen atoms in total. The third-order valence-corrected chi connectivity index (χ3v) is 3.71. The summed E-state index contributed by atoms with van der Waals surface area (Å²) in [5, 5.41) is 2.42. The van der Waals surface area contributed by atoms with E-state index >= 15 is 0 Å². The van der Waals surface area contributed by atoms with Gasteiger partial charge in [-0.2, -0.15) is 28.8 Å². The van der Waals surface area contributed by atoms with Crippen LogP contribution in [-0.2, 0) is 20.1 Å². The van der Waals surface area contributed by atoms with Crippen LogP contribution < -0.4 is 9.42 Å². The third-order valence-electron chi connectivity index (χ3n) is 3.71. The number of anilines is 1. The van der Waals surface area contributed by atoms with Gasteiger partial charge in [-0.1, -0.05) is 6.07 Å². The Morgan fingerprint density at radius 2 is 1.95 bits per heavy atom. The summed E-state index contributed by atoms with van der Waals surface area (Å²) >= 11 is 0. The predicted molar refractivity (Wildman–Crippen MR) is 80.1 cm³/mol. The van der Waals surface area contributed by atoms with Crippen molar-refractivity contribution in [2.24, 2.45) is 0 Å². The molecule has 1 radical (unpaired) electrons. The van der Waals surface area contributed by atoms with E-state index < -0.39 is 0 Å². The fraction of sp³-hybridized carbons (Fsp3) is 0.118. The third kappa shape index (κ3) is 2.03. The maximum Gasteiger partial charge on any atom is 0.145 e. The average molecular weight is 453 g/mol. The molecule has 2 heterocycles. The van der Waals surface area contributed by atoms with Crippen LogP contribution in [0.3, 0.4) is 0 Å². The van der Waals surface area contributed by atoms with E-state index in [-0.39, 0.29) is 20.1 Å². The Morgan fingerprint density at radius 1 is 1.10 bits per heavy atom. The monoisotopic (exact) mass is 453 g/mol. The van der Waals surface area contributed by atoms with E-state index in [1.54, 1.807) is 0 Å². The van der Waals surface area contributed by atoms with E-state index in [0.717, 1.165) is 5.52 Å². The second-order valence-electron chi connectivity index (χ2n) is 5.13. The molecule has 4 aromatic rings. The van der Waals surface area contributed by atoms with Crippen molar-refractivity contribution in [1.29, 1.82) is 0 Å². The zero-order chi connectivity index (χ0) is 13.7. The molecular weight excluding hydrogens is 438 g/mol. The molecule has 107 valence electrons. The van der Waals surface area contributed by atoms with Crippen molar-refractivity contribution in [2.45, 2.75) is 0 Å². The molecule has 0 spiro atoms. The number of hydrogen-bond acceptors (Lipinski definition) is 1. The van der Waals surface area contributed by atoms with Gasteiger partial charge in [-0.05, 0) is 29.8 Å².